The van der Waals surface area contributed by atoms with Crippen LogP contribution in [-0.4, -0.2) is 29.3 Å². The molecular formula is C24H28N2O2. The van der Waals surface area contributed by atoms with Crippen LogP contribution in [0.4, 0.5) is 0 Å². The SMILES string of the molecule is O=C(NC1CCC(c2ccccc2)CC1)c1cccc(CN2CCCC2=O)c1. The molecule has 1 N–H and O–H groups in total. The van der Waals surface area contributed by atoms with E-state index in [9.17, 15) is 9.59 Å². The summed E-state index contributed by atoms with van der Waals surface area (Å²) < 4.78 is 0. The number of likely N-dealkylation sites (tertiary alicyclic amines) is 1. The maximum Gasteiger partial charge on any atom is 0.251 e. The highest BCUT2D eigenvalue weighted by molar-refractivity contribution is 5.94. The summed E-state index contributed by atoms with van der Waals surface area (Å²) in [6, 6.07) is 18.6. The Morgan fingerprint density at radius 1 is 1.00 bits per heavy atom. The molecule has 1 saturated carbocycles. The molecule has 4 nitrogen and oxygen atoms in total. The zero-order valence-electron chi connectivity index (χ0n) is 16.3. The normalized spacial score (nSPS) is 22.3. The monoisotopic (exact) mass is 376 g/mol. The Kier molecular flexibility index (Phi) is 5.75. The molecule has 2 aromatic carbocycles. The smallest absolute Gasteiger partial charge is 0.251 e. The topological polar surface area (TPSA) is 49.4 Å². The van der Waals surface area contributed by atoms with Crippen LogP contribution in [0.25, 0.3) is 0 Å². The highest BCUT2D eigenvalue weighted by Crippen LogP contribution is 2.32. The van der Waals surface area contributed by atoms with Crippen molar-refractivity contribution in [3.8, 4) is 0 Å². The second-order valence-corrected chi connectivity index (χ2v) is 8.05. The van der Waals surface area contributed by atoms with Gasteiger partial charge in [0, 0.05) is 31.1 Å². The first kappa shape index (κ1) is 18.7. The predicted octanol–water partition coefficient (Wildman–Crippen LogP) is 4.27. The molecule has 0 aromatic heterocycles. The minimum Gasteiger partial charge on any atom is -0.349 e. The molecule has 0 bridgehead atoms. The molecule has 4 heteroatoms. The average Bonchev–Trinajstić information content (AvgIpc) is 3.14. The van der Waals surface area contributed by atoms with Crippen molar-refractivity contribution in [2.75, 3.05) is 6.54 Å². The van der Waals surface area contributed by atoms with Crippen LogP contribution in [0.5, 0.6) is 0 Å². The molecule has 1 aliphatic carbocycles. The van der Waals surface area contributed by atoms with Crippen LogP contribution in [0.3, 0.4) is 0 Å². The van der Waals surface area contributed by atoms with Gasteiger partial charge in [-0.05, 0) is 61.3 Å². The Hall–Kier alpha value is -2.62. The average molecular weight is 377 g/mol. The van der Waals surface area contributed by atoms with E-state index in [1.165, 1.54) is 5.56 Å². The molecule has 1 saturated heterocycles. The first-order valence-electron chi connectivity index (χ1n) is 10.4. The summed E-state index contributed by atoms with van der Waals surface area (Å²) in [6.07, 6.45) is 5.86. The molecule has 146 valence electrons. The van der Waals surface area contributed by atoms with Crippen molar-refractivity contribution < 1.29 is 9.59 Å². The van der Waals surface area contributed by atoms with Crippen molar-refractivity contribution >= 4 is 11.8 Å². The summed E-state index contributed by atoms with van der Waals surface area (Å²) in [4.78, 5) is 26.4. The van der Waals surface area contributed by atoms with E-state index < -0.39 is 0 Å². The third-order valence-corrected chi connectivity index (χ3v) is 6.07. The van der Waals surface area contributed by atoms with E-state index >= 15 is 0 Å². The molecular weight excluding hydrogens is 348 g/mol. The molecule has 0 radical (unpaired) electrons. The fraction of sp³-hybridized carbons (Fsp3) is 0.417. The van der Waals surface area contributed by atoms with Crippen LogP contribution in [-0.2, 0) is 11.3 Å². The van der Waals surface area contributed by atoms with Gasteiger partial charge < -0.3 is 10.2 Å². The molecule has 2 aliphatic rings. The van der Waals surface area contributed by atoms with Crippen LogP contribution in [0, 0.1) is 0 Å². The van der Waals surface area contributed by atoms with Gasteiger partial charge in [-0.25, -0.2) is 0 Å². The van der Waals surface area contributed by atoms with E-state index in [4.69, 9.17) is 0 Å². The molecule has 2 fully saturated rings. The number of carbonyl (C=O) groups is 2. The zero-order valence-corrected chi connectivity index (χ0v) is 16.3. The fourth-order valence-corrected chi connectivity index (χ4v) is 4.47. The van der Waals surface area contributed by atoms with Crippen LogP contribution < -0.4 is 5.32 Å². The second-order valence-electron chi connectivity index (χ2n) is 8.05. The quantitative estimate of drug-likeness (QED) is 0.847. The van der Waals surface area contributed by atoms with Gasteiger partial charge in [-0.2, -0.15) is 0 Å². The molecule has 1 aliphatic heterocycles. The van der Waals surface area contributed by atoms with Crippen molar-refractivity contribution in [2.24, 2.45) is 0 Å². The van der Waals surface area contributed by atoms with Gasteiger partial charge in [-0.1, -0.05) is 42.5 Å². The Labute approximate surface area is 166 Å². The Bertz CT molecular complexity index is 826. The molecule has 2 aromatic rings. The van der Waals surface area contributed by atoms with Gasteiger partial charge in [0.15, 0.2) is 0 Å². The predicted molar refractivity (Wildman–Crippen MR) is 110 cm³/mol. The summed E-state index contributed by atoms with van der Waals surface area (Å²) in [6.45, 7) is 1.42. The Balaban J connectivity index is 1.32. The number of nitrogens with one attached hydrogen (secondary N) is 1. The number of nitrogens with zero attached hydrogens (tertiary/aromatic N) is 1. The molecule has 28 heavy (non-hydrogen) atoms. The lowest BCUT2D eigenvalue weighted by molar-refractivity contribution is -0.128. The Morgan fingerprint density at radius 2 is 1.79 bits per heavy atom. The lowest BCUT2D eigenvalue weighted by atomic mass is 9.82. The van der Waals surface area contributed by atoms with Crippen molar-refractivity contribution in [3.05, 3.63) is 71.3 Å². The van der Waals surface area contributed by atoms with E-state index in [1.54, 1.807) is 0 Å². The lowest BCUT2D eigenvalue weighted by Gasteiger charge is -2.29. The zero-order chi connectivity index (χ0) is 19.3. The van der Waals surface area contributed by atoms with Gasteiger partial charge in [-0.15, -0.1) is 0 Å². The molecule has 1 heterocycles. The van der Waals surface area contributed by atoms with E-state index in [0.29, 0.717) is 24.4 Å². The van der Waals surface area contributed by atoms with Gasteiger partial charge in [0.1, 0.15) is 0 Å². The summed E-state index contributed by atoms with van der Waals surface area (Å²) >= 11 is 0. The number of hydrogen-bond acceptors (Lipinski definition) is 2. The molecule has 2 amide bonds. The standard InChI is InChI=1S/C24H28N2O2/c27-23-10-5-15-26(23)17-18-6-4-9-21(16-18)24(28)25-22-13-11-20(12-14-22)19-7-2-1-3-8-19/h1-4,6-9,16,20,22H,5,10-15,17H2,(H,25,28). The van der Waals surface area contributed by atoms with E-state index in [1.807, 2.05) is 29.2 Å². The van der Waals surface area contributed by atoms with E-state index in [0.717, 1.165) is 44.2 Å². The fourth-order valence-electron chi connectivity index (χ4n) is 4.47. The van der Waals surface area contributed by atoms with Gasteiger partial charge in [0.25, 0.3) is 5.91 Å². The van der Waals surface area contributed by atoms with Crippen LogP contribution in [0.1, 0.15) is 65.9 Å². The largest absolute Gasteiger partial charge is 0.349 e. The van der Waals surface area contributed by atoms with Gasteiger partial charge in [-0.3, -0.25) is 9.59 Å². The summed E-state index contributed by atoms with van der Waals surface area (Å²) in [5, 5.41) is 3.22. The van der Waals surface area contributed by atoms with E-state index in [-0.39, 0.29) is 17.9 Å². The van der Waals surface area contributed by atoms with Crippen LogP contribution in [0.2, 0.25) is 0 Å². The maximum absolute atomic E-state index is 12.7. The number of benzene rings is 2. The summed E-state index contributed by atoms with van der Waals surface area (Å²) in [7, 11) is 0. The first-order chi connectivity index (χ1) is 13.7. The van der Waals surface area contributed by atoms with Gasteiger partial charge >= 0.3 is 0 Å². The van der Waals surface area contributed by atoms with E-state index in [2.05, 4.69) is 35.6 Å². The lowest BCUT2D eigenvalue weighted by Crippen LogP contribution is -2.37. The molecule has 0 atom stereocenters. The minimum absolute atomic E-state index is 0.00207. The molecule has 4 rings (SSSR count). The minimum atomic E-state index is -0.00207. The van der Waals surface area contributed by atoms with Crippen LogP contribution in [0.15, 0.2) is 54.6 Å². The van der Waals surface area contributed by atoms with Gasteiger partial charge in [0.2, 0.25) is 5.91 Å². The molecule has 0 spiro atoms. The number of amides is 2. The number of rotatable bonds is 5. The highest BCUT2D eigenvalue weighted by atomic mass is 16.2. The Morgan fingerprint density at radius 3 is 2.50 bits per heavy atom. The van der Waals surface area contributed by atoms with Crippen molar-refractivity contribution in [1.29, 1.82) is 0 Å². The number of carbonyl (C=O) groups excluding carboxylic acids is 2. The second kappa shape index (κ2) is 8.59. The third kappa shape index (κ3) is 4.44. The summed E-state index contributed by atoms with van der Waals surface area (Å²) in [5.41, 5.74) is 3.13. The van der Waals surface area contributed by atoms with Gasteiger partial charge in [0.05, 0.1) is 0 Å². The number of hydrogen-bond donors (Lipinski definition) is 1. The third-order valence-electron chi connectivity index (χ3n) is 6.07. The van der Waals surface area contributed by atoms with Crippen molar-refractivity contribution in [1.82, 2.24) is 10.2 Å². The molecule has 0 unspecified atom stereocenters. The maximum atomic E-state index is 12.7. The summed E-state index contributed by atoms with van der Waals surface area (Å²) in [5.74, 6) is 0.818. The highest BCUT2D eigenvalue weighted by Gasteiger charge is 2.24. The first-order valence-corrected chi connectivity index (χ1v) is 10.4. The van der Waals surface area contributed by atoms with Crippen molar-refractivity contribution in [2.45, 2.75) is 57.0 Å². The van der Waals surface area contributed by atoms with Crippen LogP contribution >= 0.6 is 0 Å². The van der Waals surface area contributed by atoms with Crippen molar-refractivity contribution in [3.63, 3.8) is 0 Å².